The third-order valence-electron chi connectivity index (χ3n) is 4.19. The third kappa shape index (κ3) is 4.82. The predicted octanol–water partition coefficient (Wildman–Crippen LogP) is 0.588. The van der Waals surface area contributed by atoms with Crippen LogP contribution in [0.25, 0.3) is 0 Å². The molecule has 0 aliphatic rings. The largest absolute Gasteiger partial charge is 0.456 e. The summed E-state index contributed by atoms with van der Waals surface area (Å²) in [5.74, 6) is -1.08. The van der Waals surface area contributed by atoms with Crippen LogP contribution in [0.15, 0.2) is 27.9 Å². The molecule has 9 heteroatoms. The van der Waals surface area contributed by atoms with Gasteiger partial charge in [0.15, 0.2) is 6.61 Å². The highest BCUT2D eigenvalue weighted by Gasteiger charge is 2.20. The SMILES string of the molecule is COC[C@H](C)n1c(C)cc(C(=O)COC(=O)Cn2ccc(=O)[nH]c2=O)c1C. The van der Waals surface area contributed by atoms with Gasteiger partial charge in [0.2, 0.25) is 5.78 Å². The molecule has 0 unspecified atom stereocenters. The fraction of sp³-hybridized carbons (Fsp3) is 0.444. The molecule has 1 N–H and O–H groups in total. The van der Waals surface area contributed by atoms with E-state index in [1.54, 1.807) is 13.2 Å². The van der Waals surface area contributed by atoms with Crippen LogP contribution in [0.2, 0.25) is 0 Å². The first-order valence-electron chi connectivity index (χ1n) is 8.40. The molecule has 0 saturated heterocycles. The molecular weight excluding hydrogens is 354 g/mol. The van der Waals surface area contributed by atoms with Crippen molar-refractivity contribution in [3.05, 3.63) is 56.1 Å². The Morgan fingerprint density at radius 3 is 2.59 bits per heavy atom. The maximum absolute atomic E-state index is 12.4. The van der Waals surface area contributed by atoms with E-state index in [4.69, 9.17) is 9.47 Å². The molecule has 0 aliphatic carbocycles. The van der Waals surface area contributed by atoms with Gasteiger partial charge in [-0.3, -0.25) is 23.9 Å². The molecule has 0 saturated carbocycles. The van der Waals surface area contributed by atoms with Gasteiger partial charge in [0.25, 0.3) is 5.56 Å². The van der Waals surface area contributed by atoms with Gasteiger partial charge < -0.3 is 14.0 Å². The number of carbonyl (C=O) groups is 2. The Labute approximate surface area is 155 Å². The molecule has 0 amide bonds. The second-order valence-electron chi connectivity index (χ2n) is 6.28. The third-order valence-corrected chi connectivity index (χ3v) is 4.19. The fourth-order valence-corrected chi connectivity index (χ4v) is 3.03. The van der Waals surface area contributed by atoms with E-state index in [0.29, 0.717) is 12.2 Å². The highest BCUT2D eigenvalue weighted by Crippen LogP contribution is 2.21. The van der Waals surface area contributed by atoms with Gasteiger partial charge in [-0.1, -0.05) is 0 Å². The van der Waals surface area contributed by atoms with Crippen LogP contribution < -0.4 is 11.2 Å². The lowest BCUT2D eigenvalue weighted by molar-refractivity contribution is -0.143. The van der Waals surface area contributed by atoms with E-state index < -0.39 is 30.4 Å². The van der Waals surface area contributed by atoms with Gasteiger partial charge in [-0.25, -0.2) is 4.79 Å². The number of ketones is 1. The molecule has 2 aromatic rings. The number of nitrogens with zero attached hydrogens (tertiary/aromatic N) is 2. The van der Waals surface area contributed by atoms with Crippen molar-refractivity contribution in [2.45, 2.75) is 33.4 Å². The Bertz CT molecular complexity index is 953. The summed E-state index contributed by atoms with van der Waals surface area (Å²) in [7, 11) is 1.61. The lowest BCUT2D eigenvalue weighted by atomic mass is 10.1. The number of carbonyl (C=O) groups excluding carboxylic acids is 2. The van der Waals surface area contributed by atoms with Crippen molar-refractivity contribution in [3.8, 4) is 0 Å². The van der Waals surface area contributed by atoms with Crippen LogP contribution in [0.1, 0.15) is 34.7 Å². The number of H-pyrrole nitrogens is 1. The molecule has 0 fully saturated rings. The van der Waals surface area contributed by atoms with Crippen molar-refractivity contribution in [3.63, 3.8) is 0 Å². The summed E-state index contributed by atoms with van der Waals surface area (Å²) in [6.45, 7) is 5.39. The van der Waals surface area contributed by atoms with Gasteiger partial charge >= 0.3 is 11.7 Å². The standard InChI is InChI=1S/C18H23N3O6/c1-11-7-14(13(3)21(11)12(2)9-26-4)15(22)10-27-17(24)8-20-6-5-16(23)19-18(20)25/h5-7,12H,8-10H2,1-4H3,(H,19,23,25)/t12-/m0/s1. The highest BCUT2D eigenvalue weighted by atomic mass is 16.5. The molecule has 27 heavy (non-hydrogen) atoms. The van der Waals surface area contributed by atoms with Crippen molar-refractivity contribution in [1.29, 1.82) is 0 Å². The number of hydrogen-bond acceptors (Lipinski definition) is 6. The number of rotatable bonds is 8. The monoisotopic (exact) mass is 377 g/mol. The number of Topliss-reactive ketones (excluding diaryl/α,β-unsaturated/α-hetero) is 1. The Kier molecular flexibility index (Phi) is 6.51. The number of aromatic nitrogens is 3. The number of nitrogens with one attached hydrogen (secondary N) is 1. The molecule has 1 atom stereocenters. The topological polar surface area (TPSA) is 112 Å². The number of esters is 1. The summed E-state index contributed by atoms with van der Waals surface area (Å²) >= 11 is 0. The number of aryl methyl sites for hydroxylation is 1. The van der Waals surface area contributed by atoms with E-state index in [-0.39, 0.29) is 11.8 Å². The van der Waals surface area contributed by atoms with Gasteiger partial charge in [0.05, 0.1) is 12.6 Å². The fourth-order valence-electron chi connectivity index (χ4n) is 3.03. The summed E-state index contributed by atoms with van der Waals surface area (Å²) < 4.78 is 13.1. The zero-order valence-corrected chi connectivity index (χ0v) is 15.8. The number of ether oxygens (including phenoxy) is 2. The summed E-state index contributed by atoms with van der Waals surface area (Å²) in [4.78, 5) is 48.9. The minimum atomic E-state index is -0.751. The summed E-state index contributed by atoms with van der Waals surface area (Å²) in [6, 6.07) is 2.94. The van der Waals surface area contributed by atoms with E-state index in [1.165, 1.54) is 6.20 Å². The second kappa shape index (κ2) is 8.63. The normalized spacial score (nSPS) is 12.0. The van der Waals surface area contributed by atoms with E-state index in [0.717, 1.165) is 22.0 Å². The first kappa shape index (κ1) is 20.4. The molecule has 0 aromatic carbocycles. The molecule has 0 aliphatic heterocycles. The molecule has 0 spiro atoms. The van der Waals surface area contributed by atoms with Gasteiger partial charge in [-0.15, -0.1) is 0 Å². The molecule has 146 valence electrons. The zero-order valence-electron chi connectivity index (χ0n) is 15.8. The Morgan fingerprint density at radius 1 is 1.26 bits per heavy atom. The number of hydrogen-bond donors (Lipinski definition) is 1. The predicted molar refractivity (Wildman–Crippen MR) is 97.1 cm³/mol. The molecule has 0 bridgehead atoms. The van der Waals surface area contributed by atoms with Crippen molar-refractivity contribution in [1.82, 2.24) is 14.1 Å². The van der Waals surface area contributed by atoms with Crippen LogP contribution in [-0.2, 0) is 20.8 Å². The maximum atomic E-state index is 12.4. The van der Waals surface area contributed by atoms with Crippen LogP contribution >= 0.6 is 0 Å². The van der Waals surface area contributed by atoms with Crippen LogP contribution in [0.5, 0.6) is 0 Å². The lowest BCUT2D eigenvalue weighted by Gasteiger charge is -2.17. The van der Waals surface area contributed by atoms with E-state index in [9.17, 15) is 19.2 Å². The summed E-state index contributed by atoms with van der Waals surface area (Å²) in [5, 5.41) is 0. The minimum absolute atomic E-state index is 0.0613. The molecule has 9 nitrogen and oxygen atoms in total. The van der Waals surface area contributed by atoms with Crippen molar-refractivity contribution in [2.24, 2.45) is 0 Å². The van der Waals surface area contributed by atoms with Gasteiger partial charge in [-0.2, -0.15) is 0 Å². The zero-order chi connectivity index (χ0) is 20.1. The van der Waals surface area contributed by atoms with Crippen molar-refractivity contribution >= 4 is 11.8 Å². The quantitative estimate of drug-likeness (QED) is 0.532. The molecular formula is C18H23N3O6. The number of aromatic amines is 1. The van der Waals surface area contributed by atoms with Gasteiger partial charge in [0.1, 0.15) is 6.54 Å². The molecule has 2 heterocycles. The first-order valence-corrected chi connectivity index (χ1v) is 8.40. The Balaban J connectivity index is 2.03. The maximum Gasteiger partial charge on any atom is 0.328 e. The first-order chi connectivity index (χ1) is 12.7. The Morgan fingerprint density at radius 2 is 1.96 bits per heavy atom. The van der Waals surface area contributed by atoms with Gasteiger partial charge in [0, 0.05) is 36.3 Å². The second-order valence-corrected chi connectivity index (χ2v) is 6.28. The summed E-state index contributed by atoms with van der Waals surface area (Å²) in [5.41, 5.74) is 0.880. The Hall–Kier alpha value is -2.94. The van der Waals surface area contributed by atoms with E-state index >= 15 is 0 Å². The van der Waals surface area contributed by atoms with Gasteiger partial charge in [-0.05, 0) is 26.8 Å². The molecule has 2 aromatic heterocycles. The minimum Gasteiger partial charge on any atom is -0.456 e. The summed E-state index contributed by atoms with van der Waals surface area (Å²) in [6.07, 6.45) is 1.19. The van der Waals surface area contributed by atoms with Crippen LogP contribution in [0.3, 0.4) is 0 Å². The van der Waals surface area contributed by atoms with Crippen LogP contribution in [-0.4, -0.2) is 46.2 Å². The van der Waals surface area contributed by atoms with Crippen molar-refractivity contribution < 1.29 is 19.1 Å². The molecule has 0 radical (unpaired) electrons. The number of methoxy groups -OCH3 is 1. The average molecular weight is 377 g/mol. The smallest absolute Gasteiger partial charge is 0.328 e. The highest BCUT2D eigenvalue weighted by molar-refractivity contribution is 5.99. The lowest BCUT2D eigenvalue weighted by Crippen LogP contribution is -2.31. The van der Waals surface area contributed by atoms with E-state index in [1.807, 2.05) is 30.3 Å². The van der Waals surface area contributed by atoms with Crippen LogP contribution in [0, 0.1) is 13.8 Å². The van der Waals surface area contributed by atoms with E-state index in [2.05, 4.69) is 0 Å². The van der Waals surface area contributed by atoms with Crippen LogP contribution in [0.4, 0.5) is 0 Å². The average Bonchev–Trinajstić information content (AvgIpc) is 2.90. The van der Waals surface area contributed by atoms with Crippen molar-refractivity contribution in [2.75, 3.05) is 20.3 Å². The molecule has 2 rings (SSSR count).